The van der Waals surface area contributed by atoms with E-state index in [9.17, 15) is 0 Å². The van der Waals surface area contributed by atoms with Crippen molar-refractivity contribution in [3.05, 3.63) is 234 Å². The first-order valence-electron chi connectivity index (χ1n) is 18.6. The molecule has 10 rings (SSSR count). The summed E-state index contributed by atoms with van der Waals surface area (Å²) >= 11 is 0. The molecule has 0 heterocycles. The lowest BCUT2D eigenvalue weighted by Crippen LogP contribution is -2.30. The topological polar surface area (TPSA) is 3.24 Å². The highest BCUT2D eigenvalue weighted by atomic mass is 15.1. The van der Waals surface area contributed by atoms with Crippen LogP contribution >= 0.6 is 0 Å². The second-order valence-corrected chi connectivity index (χ2v) is 14.9. The van der Waals surface area contributed by atoms with E-state index in [4.69, 9.17) is 0 Å². The predicted molar refractivity (Wildman–Crippen MR) is 221 cm³/mol. The molecule has 1 heteroatoms. The molecule has 2 aliphatic rings. The van der Waals surface area contributed by atoms with Crippen molar-refractivity contribution < 1.29 is 0 Å². The lowest BCUT2D eigenvalue weighted by atomic mass is 9.66. The van der Waals surface area contributed by atoms with Gasteiger partial charge in [-0.1, -0.05) is 178 Å². The van der Waals surface area contributed by atoms with Gasteiger partial charge in [-0.05, 0) is 103 Å². The van der Waals surface area contributed by atoms with Crippen molar-refractivity contribution in [2.75, 3.05) is 4.90 Å². The molecule has 1 nitrogen and oxygen atoms in total. The van der Waals surface area contributed by atoms with Crippen molar-refractivity contribution in [3.63, 3.8) is 0 Å². The highest BCUT2D eigenvalue weighted by molar-refractivity contribution is 5.95. The van der Waals surface area contributed by atoms with Gasteiger partial charge in [0.1, 0.15) is 0 Å². The van der Waals surface area contributed by atoms with Crippen LogP contribution in [-0.2, 0) is 10.8 Å². The Morgan fingerprint density at radius 3 is 1.21 bits per heavy atom. The molecule has 0 aliphatic heterocycles. The van der Waals surface area contributed by atoms with Crippen LogP contribution in [0.2, 0.25) is 0 Å². The normalized spacial score (nSPS) is 14.2. The van der Waals surface area contributed by atoms with Gasteiger partial charge in [0, 0.05) is 22.5 Å². The number of anilines is 3. The molecule has 8 aromatic carbocycles. The van der Waals surface area contributed by atoms with Gasteiger partial charge in [0.15, 0.2) is 0 Å². The van der Waals surface area contributed by atoms with Gasteiger partial charge in [-0.3, -0.25) is 0 Å². The molecule has 8 aromatic rings. The van der Waals surface area contributed by atoms with Gasteiger partial charge < -0.3 is 4.90 Å². The van der Waals surface area contributed by atoms with Crippen molar-refractivity contribution in [2.24, 2.45) is 0 Å². The van der Waals surface area contributed by atoms with Crippen LogP contribution in [0.1, 0.15) is 47.2 Å². The maximum Gasteiger partial charge on any atom is 0.0714 e. The van der Waals surface area contributed by atoms with Gasteiger partial charge in [-0.25, -0.2) is 0 Å². The fourth-order valence-electron chi connectivity index (χ4n) is 9.27. The summed E-state index contributed by atoms with van der Waals surface area (Å²) in [5, 5.41) is 0. The third-order valence-electron chi connectivity index (χ3n) is 11.7. The number of rotatable bonds is 7. The Bertz CT molecular complexity index is 2460. The van der Waals surface area contributed by atoms with E-state index in [1.54, 1.807) is 0 Å². The minimum absolute atomic E-state index is 0.0456. The first-order valence-corrected chi connectivity index (χ1v) is 18.6. The van der Waals surface area contributed by atoms with Crippen molar-refractivity contribution in [1.82, 2.24) is 0 Å². The minimum Gasteiger partial charge on any atom is -0.310 e. The molecule has 0 N–H and O–H groups in total. The molecule has 252 valence electrons. The Balaban J connectivity index is 1.18. The summed E-state index contributed by atoms with van der Waals surface area (Å²) in [6.45, 7) is 4.76. The molecular formula is C52H39N. The molecule has 0 radical (unpaired) electrons. The lowest BCUT2D eigenvalue weighted by Gasteiger charge is -2.37. The summed E-state index contributed by atoms with van der Waals surface area (Å²) in [5.74, 6) is 0. The van der Waals surface area contributed by atoms with E-state index in [2.05, 4.69) is 219 Å². The van der Waals surface area contributed by atoms with E-state index in [-0.39, 0.29) is 5.41 Å². The lowest BCUT2D eigenvalue weighted by molar-refractivity contribution is 0.652. The van der Waals surface area contributed by atoms with Crippen molar-refractivity contribution in [1.29, 1.82) is 0 Å². The van der Waals surface area contributed by atoms with E-state index in [0.717, 1.165) is 17.1 Å². The summed E-state index contributed by atoms with van der Waals surface area (Å²) < 4.78 is 0. The predicted octanol–water partition coefficient (Wildman–Crippen LogP) is 13.5. The summed E-state index contributed by atoms with van der Waals surface area (Å²) in [4.78, 5) is 2.41. The highest BCUT2D eigenvalue weighted by Gasteiger charge is 2.52. The second-order valence-electron chi connectivity index (χ2n) is 14.9. The van der Waals surface area contributed by atoms with Crippen LogP contribution in [0.3, 0.4) is 0 Å². The second kappa shape index (κ2) is 12.1. The zero-order chi connectivity index (χ0) is 35.6. The largest absolute Gasteiger partial charge is 0.310 e. The number of hydrogen-bond donors (Lipinski definition) is 0. The Morgan fingerprint density at radius 2 is 0.717 bits per heavy atom. The third kappa shape index (κ3) is 4.70. The molecule has 0 fully saturated rings. The molecular weight excluding hydrogens is 639 g/mol. The SMILES string of the molecule is CC1(C)c2cccc3c2-c2c1cccc2C3(c1ccccc1)c1cccc(N(c2ccc(-c3ccccc3)cc2)c2ccc(-c3ccccc3)cc2)c1. The standard InChI is InChI=1S/C52H39N/c1-51(2)45-23-13-25-47-49(45)50-46(51)24-14-26-48(50)52(47,40-19-10-5-11-20-40)41-21-12-22-44(35-41)53(42-31-27-38(28-32-42)36-15-6-3-7-16-36)43-33-29-39(30-34-43)37-17-8-4-9-18-37/h3-35H,1-2H3. The molecule has 2 aliphatic carbocycles. The average Bonchev–Trinajstić information content (AvgIpc) is 3.66. The van der Waals surface area contributed by atoms with Gasteiger partial charge in [-0.15, -0.1) is 0 Å². The fraction of sp³-hybridized carbons (Fsp3) is 0.0769. The Kier molecular flexibility index (Phi) is 7.13. The monoisotopic (exact) mass is 677 g/mol. The first kappa shape index (κ1) is 31.3. The van der Waals surface area contributed by atoms with Crippen LogP contribution in [0.5, 0.6) is 0 Å². The molecule has 0 saturated heterocycles. The Hall–Kier alpha value is -6.44. The van der Waals surface area contributed by atoms with E-state index in [1.165, 1.54) is 66.8 Å². The van der Waals surface area contributed by atoms with E-state index >= 15 is 0 Å². The zero-order valence-corrected chi connectivity index (χ0v) is 30.0. The average molecular weight is 678 g/mol. The molecule has 0 unspecified atom stereocenters. The van der Waals surface area contributed by atoms with Gasteiger partial charge >= 0.3 is 0 Å². The van der Waals surface area contributed by atoms with Gasteiger partial charge in [0.2, 0.25) is 0 Å². The van der Waals surface area contributed by atoms with Crippen LogP contribution in [0, 0.1) is 0 Å². The molecule has 0 aromatic heterocycles. The Morgan fingerprint density at radius 1 is 0.321 bits per heavy atom. The van der Waals surface area contributed by atoms with Crippen LogP contribution in [-0.4, -0.2) is 0 Å². The molecule has 0 atom stereocenters. The molecule has 0 bridgehead atoms. The molecule has 0 saturated carbocycles. The molecule has 0 spiro atoms. The van der Waals surface area contributed by atoms with E-state index < -0.39 is 5.41 Å². The van der Waals surface area contributed by atoms with Crippen molar-refractivity contribution in [2.45, 2.75) is 24.7 Å². The highest BCUT2D eigenvalue weighted by Crippen LogP contribution is 2.64. The quantitative estimate of drug-likeness (QED) is 0.162. The third-order valence-corrected chi connectivity index (χ3v) is 11.7. The molecule has 0 amide bonds. The summed E-state index contributed by atoms with van der Waals surface area (Å²) in [5.41, 5.74) is 18.7. The van der Waals surface area contributed by atoms with Crippen LogP contribution in [0.4, 0.5) is 17.1 Å². The fourth-order valence-corrected chi connectivity index (χ4v) is 9.27. The maximum absolute atomic E-state index is 2.44. The van der Waals surface area contributed by atoms with Gasteiger partial charge in [0.05, 0.1) is 5.41 Å². The number of nitrogens with zero attached hydrogens (tertiary/aromatic N) is 1. The van der Waals surface area contributed by atoms with E-state index in [0.29, 0.717) is 0 Å². The Labute approximate surface area is 312 Å². The van der Waals surface area contributed by atoms with Crippen LogP contribution < -0.4 is 4.90 Å². The van der Waals surface area contributed by atoms with Crippen LogP contribution in [0.15, 0.2) is 200 Å². The summed E-state index contributed by atoms with van der Waals surface area (Å²) in [6.07, 6.45) is 0. The smallest absolute Gasteiger partial charge is 0.0714 e. The van der Waals surface area contributed by atoms with Gasteiger partial charge in [-0.2, -0.15) is 0 Å². The maximum atomic E-state index is 2.44. The van der Waals surface area contributed by atoms with Gasteiger partial charge in [0.25, 0.3) is 0 Å². The van der Waals surface area contributed by atoms with Crippen molar-refractivity contribution in [3.8, 4) is 33.4 Å². The summed E-state index contributed by atoms with van der Waals surface area (Å²) in [6, 6.07) is 73.7. The molecule has 53 heavy (non-hydrogen) atoms. The summed E-state index contributed by atoms with van der Waals surface area (Å²) in [7, 11) is 0. The zero-order valence-electron chi connectivity index (χ0n) is 30.0. The first-order chi connectivity index (χ1) is 26.0. The van der Waals surface area contributed by atoms with E-state index in [1.807, 2.05) is 0 Å². The van der Waals surface area contributed by atoms with Crippen LogP contribution in [0.25, 0.3) is 33.4 Å². The van der Waals surface area contributed by atoms with Crippen molar-refractivity contribution >= 4 is 17.1 Å². The minimum atomic E-state index is -0.468. The number of benzene rings is 8. The number of hydrogen-bond acceptors (Lipinski definition) is 1.